The molecular weight excluding hydrogens is 289 g/mol. The summed E-state index contributed by atoms with van der Waals surface area (Å²) >= 11 is 0. The number of rotatable bonds is 8. The van der Waals surface area contributed by atoms with E-state index in [1.165, 1.54) is 12.1 Å². The molecule has 0 unspecified atom stereocenters. The summed E-state index contributed by atoms with van der Waals surface area (Å²) in [6, 6.07) is 3.49. The topological polar surface area (TPSA) is 105 Å². The Morgan fingerprint density at radius 1 is 1.30 bits per heavy atom. The zero-order valence-electron chi connectivity index (χ0n) is 11.0. The molecule has 8 nitrogen and oxygen atoms in total. The van der Waals surface area contributed by atoms with Crippen molar-refractivity contribution >= 4 is 19.8 Å². The van der Waals surface area contributed by atoms with Gasteiger partial charge in [-0.05, 0) is 26.0 Å². The van der Waals surface area contributed by atoms with E-state index in [4.69, 9.17) is 13.6 Å². The zero-order valence-corrected chi connectivity index (χ0v) is 11.9. The van der Waals surface area contributed by atoms with Crippen molar-refractivity contribution in [2.75, 3.05) is 13.2 Å². The zero-order chi connectivity index (χ0) is 15.2. The Kier molecular flexibility index (Phi) is 5.82. The monoisotopic (exact) mass is 303 g/mol. The molecule has 0 aliphatic rings. The Morgan fingerprint density at radius 3 is 2.35 bits per heavy atom. The van der Waals surface area contributed by atoms with Gasteiger partial charge in [0, 0.05) is 11.6 Å². The number of phosphoric ester groups is 1. The molecule has 0 radical (unpaired) electrons. The normalized spacial score (nSPS) is 11.1. The highest BCUT2D eigenvalue weighted by molar-refractivity contribution is 7.48. The third-order valence-electron chi connectivity index (χ3n) is 2.10. The van der Waals surface area contributed by atoms with E-state index in [0.717, 1.165) is 6.07 Å². The maximum Gasteiger partial charge on any atom is 0.530 e. The minimum Gasteiger partial charge on any atom is -0.397 e. The van der Waals surface area contributed by atoms with Gasteiger partial charge in [0.2, 0.25) is 5.75 Å². The molecule has 1 aromatic rings. The molecule has 1 aromatic carbocycles. The maximum atomic E-state index is 12.2. The molecule has 1 rings (SSSR count). The standard InChI is InChI=1S/C11H14NO7P/c1-3-17-20(16,18-4-2)19-11-6-5-9(8-13)7-10(11)12(14)15/h5-8H,3-4H2,1-2H3. The first kappa shape index (κ1) is 16.3. The van der Waals surface area contributed by atoms with Gasteiger partial charge in [-0.15, -0.1) is 0 Å². The van der Waals surface area contributed by atoms with Gasteiger partial charge in [-0.3, -0.25) is 24.0 Å². The number of benzene rings is 1. The van der Waals surface area contributed by atoms with E-state index in [1.807, 2.05) is 0 Å². The number of carbonyl (C=O) groups excluding carboxylic acids is 1. The Morgan fingerprint density at radius 2 is 1.90 bits per heavy atom. The number of phosphoric acid groups is 1. The van der Waals surface area contributed by atoms with Gasteiger partial charge in [0.15, 0.2) is 0 Å². The fourth-order valence-electron chi connectivity index (χ4n) is 1.35. The number of aldehydes is 1. The number of nitrogens with zero attached hydrogens (tertiary/aromatic N) is 1. The molecule has 0 heterocycles. The first-order chi connectivity index (χ1) is 9.45. The van der Waals surface area contributed by atoms with Crippen LogP contribution in [-0.4, -0.2) is 24.4 Å². The van der Waals surface area contributed by atoms with Crippen LogP contribution in [0, 0.1) is 10.1 Å². The Balaban J connectivity index is 3.15. The minimum absolute atomic E-state index is 0.0531. The van der Waals surface area contributed by atoms with E-state index in [-0.39, 0.29) is 24.5 Å². The molecule has 0 amide bonds. The van der Waals surface area contributed by atoms with Gasteiger partial charge in [0.25, 0.3) is 0 Å². The highest BCUT2D eigenvalue weighted by atomic mass is 31.2. The fourth-order valence-corrected chi connectivity index (χ4v) is 2.56. The Bertz CT molecular complexity index is 536. The number of hydrogen-bond acceptors (Lipinski definition) is 7. The van der Waals surface area contributed by atoms with Crippen molar-refractivity contribution in [3.05, 3.63) is 33.9 Å². The van der Waals surface area contributed by atoms with E-state index in [2.05, 4.69) is 0 Å². The van der Waals surface area contributed by atoms with Gasteiger partial charge in [-0.1, -0.05) is 0 Å². The lowest BCUT2D eigenvalue weighted by molar-refractivity contribution is -0.385. The molecule has 0 saturated carbocycles. The van der Waals surface area contributed by atoms with Crippen molar-refractivity contribution in [3.63, 3.8) is 0 Å². The van der Waals surface area contributed by atoms with Crippen molar-refractivity contribution in [1.29, 1.82) is 0 Å². The Hall–Kier alpha value is -1.76. The third-order valence-corrected chi connectivity index (χ3v) is 3.67. The average Bonchev–Trinajstić information content (AvgIpc) is 2.39. The fraction of sp³-hybridized carbons (Fsp3) is 0.364. The van der Waals surface area contributed by atoms with E-state index < -0.39 is 18.4 Å². The largest absolute Gasteiger partial charge is 0.530 e. The lowest BCUT2D eigenvalue weighted by Crippen LogP contribution is -2.04. The van der Waals surface area contributed by atoms with Gasteiger partial charge in [-0.2, -0.15) is 0 Å². The highest BCUT2D eigenvalue weighted by Gasteiger charge is 2.31. The second-order valence-electron chi connectivity index (χ2n) is 3.48. The summed E-state index contributed by atoms with van der Waals surface area (Å²) in [7, 11) is -3.92. The van der Waals surface area contributed by atoms with Crippen LogP contribution in [0.5, 0.6) is 5.75 Å². The summed E-state index contributed by atoms with van der Waals surface area (Å²) in [5.74, 6) is -0.286. The van der Waals surface area contributed by atoms with Crippen LogP contribution >= 0.6 is 7.82 Å². The highest BCUT2D eigenvalue weighted by Crippen LogP contribution is 2.51. The van der Waals surface area contributed by atoms with Crippen LogP contribution < -0.4 is 4.52 Å². The van der Waals surface area contributed by atoms with Crippen molar-refractivity contribution in [1.82, 2.24) is 0 Å². The van der Waals surface area contributed by atoms with E-state index in [0.29, 0.717) is 6.29 Å². The molecule has 0 spiro atoms. The summed E-state index contributed by atoms with van der Waals surface area (Å²) in [4.78, 5) is 20.8. The quantitative estimate of drug-likeness (QED) is 0.314. The lowest BCUT2D eigenvalue weighted by Gasteiger charge is -2.16. The SMILES string of the molecule is CCOP(=O)(OCC)Oc1ccc(C=O)cc1[N+](=O)[O-]. The molecule has 0 atom stereocenters. The van der Waals surface area contributed by atoms with Gasteiger partial charge < -0.3 is 4.52 Å². The van der Waals surface area contributed by atoms with Gasteiger partial charge in [0.05, 0.1) is 18.1 Å². The molecular formula is C11H14NO7P. The molecule has 0 aromatic heterocycles. The van der Waals surface area contributed by atoms with Gasteiger partial charge in [-0.25, -0.2) is 4.57 Å². The molecule has 0 saturated heterocycles. The molecule has 9 heteroatoms. The predicted octanol–water partition coefficient (Wildman–Crippen LogP) is 2.97. The molecule has 0 fully saturated rings. The summed E-state index contributed by atoms with van der Waals surface area (Å²) in [6.07, 6.45) is 0.460. The van der Waals surface area contributed by atoms with Gasteiger partial charge in [0.1, 0.15) is 6.29 Å². The summed E-state index contributed by atoms with van der Waals surface area (Å²) in [6.45, 7) is 3.27. The Labute approximate surface area is 115 Å². The third kappa shape index (κ3) is 4.12. The van der Waals surface area contributed by atoms with Crippen molar-refractivity contribution < 1.29 is 27.9 Å². The van der Waals surface area contributed by atoms with Crippen LogP contribution in [0.15, 0.2) is 18.2 Å². The van der Waals surface area contributed by atoms with E-state index in [1.54, 1.807) is 13.8 Å². The second kappa shape index (κ2) is 7.14. The van der Waals surface area contributed by atoms with Crippen LogP contribution in [0.4, 0.5) is 5.69 Å². The molecule has 0 aliphatic heterocycles. The first-order valence-corrected chi connectivity index (χ1v) is 7.24. The van der Waals surface area contributed by atoms with Crippen molar-refractivity contribution in [2.24, 2.45) is 0 Å². The van der Waals surface area contributed by atoms with Gasteiger partial charge >= 0.3 is 13.5 Å². The average molecular weight is 303 g/mol. The number of nitro groups is 1. The molecule has 110 valence electrons. The van der Waals surface area contributed by atoms with Crippen LogP contribution in [0.25, 0.3) is 0 Å². The smallest absolute Gasteiger partial charge is 0.397 e. The summed E-state index contributed by atoms with van der Waals surface area (Å²) < 4.78 is 26.9. The molecule has 0 bridgehead atoms. The minimum atomic E-state index is -3.92. The molecule has 0 N–H and O–H groups in total. The van der Waals surface area contributed by atoms with E-state index in [9.17, 15) is 19.5 Å². The molecule has 20 heavy (non-hydrogen) atoms. The number of nitro benzene ring substituents is 1. The summed E-state index contributed by atoms with van der Waals surface area (Å²) in [5, 5.41) is 10.9. The molecule has 0 aliphatic carbocycles. The van der Waals surface area contributed by atoms with E-state index >= 15 is 0 Å². The van der Waals surface area contributed by atoms with Crippen LogP contribution in [0.1, 0.15) is 24.2 Å². The van der Waals surface area contributed by atoms with Crippen molar-refractivity contribution in [2.45, 2.75) is 13.8 Å². The predicted molar refractivity (Wildman–Crippen MR) is 70.0 cm³/mol. The maximum absolute atomic E-state index is 12.2. The number of hydrogen-bond donors (Lipinski definition) is 0. The number of carbonyl (C=O) groups is 1. The first-order valence-electron chi connectivity index (χ1n) is 5.78. The summed E-state index contributed by atoms with van der Waals surface area (Å²) in [5.41, 5.74) is -0.388. The van der Waals surface area contributed by atoms with Crippen LogP contribution in [-0.2, 0) is 13.6 Å². The van der Waals surface area contributed by atoms with Crippen molar-refractivity contribution in [3.8, 4) is 5.75 Å². The van der Waals surface area contributed by atoms with Crippen LogP contribution in [0.2, 0.25) is 0 Å². The van der Waals surface area contributed by atoms with Crippen LogP contribution in [0.3, 0.4) is 0 Å². The lowest BCUT2D eigenvalue weighted by atomic mass is 10.2. The second-order valence-corrected chi connectivity index (χ2v) is 5.07.